The van der Waals surface area contributed by atoms with Gasteiger partial charge in [-0.3, -0.25) is 9.78 Å². The summed E-state index contributed by atoms with van der Waals surface area (Å²) in [5, 5.41) is 5.04. The molecule has 0 spiro atoms. The standard InChI is InChI=1S/C20H14BrN5O/c1-11-18(27)17-19-23-15-5-3-4-6-16(15)25(19)12(2)22-20(17)26(24-11)14-9-7-13(21)8-10-14/h3-10H,1-2H3/p+1. The van der Waals surface area contributed by atoms with E-state index in [4.69, 9.17) is 4.98 Å². The first-order valence-corrected chi connectivity index (χ1v) is 9.32. The molecule has 0 aliphatic rings. The van der Waals surface area contributed by atoms with Gasteiger partial charge >= 0.3 is 0 Å². The second kappa shape index (κ2) is 5.72. The van der Waals surface area contributed by atoms with Crippen molar-refractivity contribution in [1.82, 2.24) is 19.7 Å². The molecule has 0 bridgehead atoms. The SMILES string of the molecule is Cc1nn(-c2ccc(Br)cc2)c2nc(C)[n+]3c4ccccc4[nH]c3c2c1=O. The van der Waals surface area contributed by atoms with Gasteiger partial charge in [-0.2, -0.15) is 14.2 Å². The Balaban J connectivity index is 2.01. The molecular formula is C20H15BrN5O+. The summed E-state index contributed by atoms with van der Waals surface area (Å²) in [4.78, 5) is 21.2. The van der Waals surface area contributed by atoms with E-state index in [0.29, 0.717) is 16.7 Å². The van der Waals surface area contributed by atoms with Crippen LogP contribution in [0.3, 0.4) is 0 Å². The van der Waals surface area contributed by atoms with Crippen LogP contribution >= 0.6 is 15.9 Å². The molecule has 7 heteroatoms. The lowest BCUT2D eigenvalue weighted by Crippen LogP contribution is -2.30. The van der Waals surface area contributed by atoms with Crippen LogP contribution in [0, 0.1) is 13.8 Å². The summed E-state index contributed by atoms with van der Waals surface area (Å²) < 4.78 is 4.70. The Morgan fingerprint density at radius 1 is 1.07 bits per heavy atom. The molecule has 6 nitrogen and oxygen atoms in total. The molecule has 0 atom stereocenters. The highest BCUT2D eigenvalue weighted by molar-refractivity contribution is 9.10. The van der Waals surface area contributed by atoms with Crippen molar-refractivity contribution < 1.29 is 4.40 Å². The van der Waals surface area contributed by atoms with Crippen molar-refractivity contribution in [2.24, 2.45) is 0 Å². The molecule has 5 aromatic rings. The maximum absolute atomic E-state index is 13.0. The number of aromatic nitrogens is 5. The molecule has 5 rings (SSSR count). The quantitative estimate of drug-likeness (QED) is 0.422. The summed E-state index contributed by atoms with van der Waals surface area (Å²) in [5.74, 6) is 0.783. The van der Waals surface area contributed by atoms with E-state index < -0.39 is 0 Å². The van der Waals surface area contributed by atoms with Crippen molar-refractivity contribution in [1.29, 1.82) is 0 Å². The molecule has 0 unspecified atom stereocenters. The molecule has 132 valence electrons. The summed E-state index contributed by atoms with van der Waals surface area (Å²) in [5.41, 5.74) is 4.38. The maximum Gasteiger partial charge on any atom is 0.248 e. The molecule has 0 saturated heterocycles. The molecule has 0 saturated carbocycles. The number of hydrogen-bond donors (Lipinski definition) is 1. The van der Waals surface area contributed by atoms with Gasteiger partial charge in [0.15, 0.2) is 5.39 Å². The van der Waals surface area contributed by atoms with Crippen LogP contribution in [0.25, 0.3) is 33.4 Å². The molecule has 3 heterocycles. The molecule has 0 amide bonds. The fourth-order valence-corrected chi connectivity index (χ4v) is 3.77. The average Bonchev–Trinajstić information content (AvgIpc) is 3.05. The molecule has 0 aliphatic heterocycles. The summed E-state index contributed by atoms with van der Waals surface area (Å²) in [6, 6.07) is 15.7. The van der Waals surface area contributed by atoms with E-state index in [0.717, 1.165) is 32.7 Å². The van der Waals surface area contributed by atoms with Gasteiger partial charge in [0.2, 0.25) is 22.5 Å². The minimum absolute atomic E-state index is 0.116. The number of aromatic amines is 1. The summed E-state index contributed by atoms with van der Waals surface area (Å²) in [6.07, 6.45) is 0. The smallest absolute Gasteiger partial charge is 0.248 e. The second-order valence-electron chi connectivity index (χ2n) is 6.49. The number of fused-ring (bicyclic) bond motifs is 5. The molecule has 2 aromatic carbocycles. The van der Waals surface area contributed by atoms with Crippen molar-refractivity contribution in [2.45, 2.75) is 13.8 Å². The first kappa shape index (κ1) is 16.1. The predicted molar refractivity (Wildman–Crippen MR) is 107 cm³/mol. The van der Waals surface area contributed by atoms with Gasteiger partial charge in [-0.1, -0.05) is 33.0 Å². The third-order valence-corrected chi connectivity index (χ3v) is 5.28. The molecule has 0 fully saturated rings. The first-order chi connectivity index (χ1) is 13.0. The van der Waals surface area contributed by atoms with Crippen LogP contribution in [0.2, 0.25) is 0 Å². The number of nitrogens with zero attached hydrogens (tertiary/aromatic N) is 4. The zero-order valence-electron chi connectivity index (χ0n) is 14.7. The molecular weight excluding hydrogens is 406 g/mol. The third-order valence-electron chi connectivity index (χ3n) is 4.75. The number of hydrogen-bond acceptors (Lipinski definition) is 3. The number of benzene rings is 2. The fourth-order valence-electron chi connectivity index (χ4n) is 3.50. The minimum atomic E-state index is -0.116. The number of nitrogens with one attached hydrogen (secondary N) is 1. The van der Waals surface area contributed by atoms with Crippen molar-refractivity contribution in [2.75, 3.05) is 0 Å². The van der Waals surface area contributed by atoms with Crippen LogP contribution in [0.4, 0.5) is 0 Å². The number of para-hydroxylation sites is 2. The monoisotopic (exact) mass is 420 g/mol. The normalized spacial score (nSPS) is 11.7. The summed E-state index contributed by atoms with van der Waals surface area (Å²) >= 11 is 3.45. The van der Waals surface area contributed by atoms with E-state index in [-0.39, 0.29) is 5.43 Å². The number of aryl methyl sites for hydroxylation is 2. The van der Waals surface area contributed by atoms with E-state index in [2.05, 4.69) is 26.0 Å². The van der Waals surface area contributed by atoms with Crippen molar-refractivity contribution in [3.05, 3.63) is 74.7 Å². The number of rotatable bonds is 1. The van der Waals surface area contributed by atoms with Gasteiger partial charge in [0.25, 0.3) is 0 Å². The minimum Gasteiger partial charge on any atom is -0.287 e. The van der Waals surface area contributed by atoms with Crippen molar-refractivity contribution in [3.63, 3.8) is 0 Å². The molecule has 0 aliphatic carbocycles. The topological polar surface area (TPSA) is 67.7 Å². The van der Waals surface area contributed by atoms with E-state index in [1.807, 2.05) is 59.9 Å². The molecule has 1 N–H and O–H groups in total. The Kier molecular flexibility index (Phi) is 3.42. The maximum atomic E-state index is 13.0. The van der Waals surface area contributed by atoms with E-state index in [1.165, 1.54) is 0 Å². The Labute approximate surface area is 162 Å². The van der Waals surface area contributed by atoms with Gasteiger partial charge in [-0.05, 0) is 43.3 Å². The highest BCUT2D eigenvalue weighted by Crippen LogP contribution is 2.20. The van der Waals surface area contributed by atoms with Gasteiger partial charge in [0.1, 0.15) is 16.7 Å². The number of H-pyrrole nitrogens is 1. The zero-order valence-corrected chi connectivity index (χ0v) is 16.3. The lowest BCUT2D eigenvalue weighted by molar-refractivity contribution is -0.492. The fraction of sp³-hybridized carbons (Fsp3) is 0.100. The van der Waals surface area contributed by atoms with Gasteiger partial charge in [0, 0.05) is 11.4 Å². The molecule has 0 radical (unpaired) electrons. The zero-order chi connectivity index (χ0) is 18.7. The lowest BCUT2D eigenvalue weighted by Gasteiger charge is -2.08. The average molecular weight is 421 g/mol. The Hall–Kier alpha value is -3.06. The lowest BCUT2D eigenvalue weighted by atomic mass is 10.2. The highest BCUT2D eigenvalue weighted by Gasteiger charge is 2.24. The summed E-state index contributed by atoms with van der Waals surface area (Å²) in [7, 11) is 0. The summed E-state index contributed by atoms with van der Waals surface area (Å²) in [6.45, 7) is 3.67. The van der Waals surface area contributed by atoms with Gasteiger partial charge in [-0.15, -0.1) is 0 Å². The van der Waals surface area contributed by atoms with Crippen molar-refractivity contribution in [3.8, 4) is 5.69 Å². The third kappa shape index (κ3) is 2.31. The van der Waals surface area contributed by atoms with Crippen LogP contribution in [0.1, 0.15) is 11.5 Å². The second-order valence-corrected chi connectivity index (χ2v) is 7.40. The van der Waals surface area contributed by atoms with Crippen LogP contribution in [-0.4, -0.2) is 19.7 Å². The molecule has 3 aromatic heterocycles. The largest absolute Gasteiger partial charge is 0.287 e. The van der Waals surface area contributed by atoms with Crippen LogP contribution in [-0.2, 0) is 0 Å². The van der Waals surface area contributed by atoms with Crippen LogP contribution < -0.4 is 9.83 Å². The van der Waals surface area contributed by atoms with E-state index in [9.17, 15) is 4.79 Å². The number of imidazole rings is 1. The van der Waals surface area contributed by atoms with Crippen LogP contribution in [0.15, 0.2) is 57.8 Å². The van der Waals surface area contributed by atoms with Crippen molar-refractivity contribution >= 4 is 43.6 Å². The first-order valence-electron chi connectivity index (χ1n) is 8.53. The van der Waals surface area contributed by atoms with Crippen LogP contribution in [0.5, 0.6) is 0 Å². The van der Waals surface area contributed by atoms with Gasteiger partial charge in [0.05, 0.1) is 5.69 Å². The van der Waals surface area contributed by atoms with E-state index >= 15 is 0 Å². The Morgan fingerprint density at radius 3 is 2.59 bits per heavy atom. The predicted octanol–water partition coefficient (Wildman–Crippen LogP) is 3.38. The van der Waals surface area contributed by atoms with E-state index in [1.54, 1.807) is 11.6 Å². The van der Waals surface area contributed by atoms with Gasteiger partial charge in [-0.25, -0.2) is 0 Å². The highest BCUT2D eigenvalue weighted by atomic mass is 79.9. The molecule has 27 heavy (non-hydrogen) atoms. The number of halogens is 1. The Morgan fingerprint density at radius 2 is 1.81 bits per heavy atom. The Bertz CT molecular complexity index is 1420. The van der Waals surface area contributed by atoms with Gasteiger partial charge < -0.3 is 0 Å².